The van der Waals surface area contributed by atoms with Gasteiger partial charge < -0.3 is 15.8 Å². The van der Waals surface area contributed by atoms with Crippen LogP contribution in [-0.2, 0) is 17.6 Å². The summed E-state index contributed by atoms with van der Waals surface area (Å²) in [4.78, 5) is 16.9. The lowest BCUT2D eigenvalue weighted by molar-refractivity contribution is -0.111. The van der Waals surface area contributed by atoms with Crippen LogP contribution in [-0.4, -0.2) is 28.3 Å². The Balaban J connectivity index is 1.97. The van der Waals surface area contributed by atoms with Gasteiger partial charge in [-0.05, 0) is 75.9 Å². The third-order valence-corrected chi connectivity index (χ3v) is 4.97. The maximum Gasteiger partial charge on any atom is 0.162 e. The quantitative estimate of drug-likeness (QED) is 0.547. The summed E-state index contributed by atoms with van der Waals surface area (Å²) in [5, 5.41) is 3.52. The fourth-order valence-electron chi connectivity index (χ4n) is 3.61. The van der Waals surface area contributed by atoms with Crippen molar-refractivity contribution >= 4 is 22.8 Å². The van der Waals surface area contributed by atoms with Crippen LogP contribution in [0.25, 0.3) is 11.2 Å². The van der Waals surface area contributed by atoms with Gasteiger partial charge >= 0.3 is 0 Å². The molecule has 1 aromatic carbocycles. The van der Waals surface area contributed by atoms with E-state index in [2.05, 4.69) is 31.3 Å². The van der Waals surface area contributed by atoms with Crippen LogP contribution in [0.5, 0.6) is 5.75 Å². The summed E-state index contributed by atoms with van der Waals surface area (Å²) < 4.78 is 7.27. The number of aromatic nitrogens is 2. The van der Waals surface area contributed by atoms with Gasteiger partial charge in [0.2, 0.25) is 0 Å². The number of pyridine rings is 1. The molecule has 30 heavy (non-hydrogen) atoms. The second-order valence-electron chi connectivity index (χ2n) is 7.81. The van der Waals surface area contributed by atoms with Crippen molar-refractivity contribution in [3.05, 3.63) is 65.1 Å². The van der Waals surface area contributed by atoms with Crippen LogP contribution in [0.3, 0.4) is 0 Å². The molecule has 0 unspecified atom stereocenters. The number of benzene rings is 1. The number of nitrogens with one attached hydrogen (secondary N) is 1. The summed E-state index contributed by atoms with van der Waals surface area (Å²) in [5.41, 5.74) is 10.8. The summed E-state index contributed by atoms with van der Waals surface area (Å²) in [6.45, 7) is 7.50. The topological polar surface area (TPSA) is 81.6 Å². The SMILES string of the molecule is COc1ccc(CCc2nc3cc(C(C(C)=O)=C(C)N)ccn3c2NC(C)C)cc1. The Morgan fingerprint density at radius 1 is 1.17 bits per heavy atom. The molecular formula is C24H30N4O2. The highest BCUT2D eigenvalue weighted by Crippen LogP contribution is 2.25. The molecule has 3 rings (SSSR count). The Morgan fingerprint density at radius 3 is 2.43 bits per heavy atom. The number of rotatable bonds is 8. The number of nitrogens with zero attached hydrogens (tertiary/aromatic N) is 2. The van der Waals surface area contributed by atoms with Crippen LogP contribution in [0.2, 0.25) is 0 Å². The van der Waals surface area contributed by atoms with E-state index in [1.165, 1.54) is 12.5 Å². The van der Waals surface area contributed by atoms with Gasteiger partial charge in [0.15, 0.2) is 5.78 Å². The molecule has 0 saturated heterocycles. The number of nitrogens with two attached hydrogens (primary N) is 1. The van der Waals surface area contributed by atoms with Crippen molar-refractivity contribution in [2.75, 3.05) is 12.4 Å². The number of fused-ring (bicyclic) bond motifs is 1. The number of imidazole rings is 1. The zero-order valence-corrected chi connectivity index (χ0v) is 18.3. The predicted octanol–water partition coefficient (Wildman–Crippen LogP) is 4.23. The standard InChI is InChI=1S/C24H30N4O2/c1-15(2)26-24-21(11-8-18-6-9-20(30-5)10-7-18)27-22-14-19(12-13-28(22)24)23(16(3)25)17(4)29/h6-7,9-10,12-15,26H,8,11,25H2,1-5H3. The van der Waals surface area contributed by atoms with Crippen LogP contribution in [0.4, 0.5) is 5.82 Å². The molecule has 6 heteroatoms. The number of aryl methyl sites for hydroxylation is 2. The van der Waals surface area contributed by atoms with E-state index in [0.29, 0.717) is 11.3 Å². The number of hydrogen-bond donors (Lipinski definition) is 2. The number of ether oxygens (including phenoxy) is 1. The van der Waals surface area contributed by atoms with E-state index in [4.69, 9.17) is 15.5 Å². The third-order valence-electron chi connectivity index (χ3n) is 4.97. The van der Waals surface area contributed by atoms with Crippen molar-refractivity contribution < 1.29 is 9.53 Å². The molecule has 0 fully saturated rings. The first kappa shape index (κ1) is 21.4. The van der Waals surface area contributed by atoms with Crippen molar-refractivity contribution in [3.63, 3.8) is 0 Å². The highest BCUT2D eigenvalue weighted by Gasteiger charge is 2.16. The van der Waals surface area contributed by atoms with E-state index >= 15 is 0 Å². The zero-order chi connectivity index (χ0) is 21.8. The van der Waals surface area contributed by atoms with Crippen LogP contribution < -0.4 is 15.8 Å². The van der Waals surface area contributed by atoms with Gasteiger partial charge in [0.1, 0.15) is 17.2 Å². The van der Waals surface area contributed by atoms with Crippen molar-refractivity contribution in [2.45, 2.75) is 46.6 Å². The largest absolute Gasteiger partial charge is 0.497 e. The number of carbonyl (C=O) groups excluding carboxylic acids is 1. The number of anilines is 1. The van der Waals surface area contributed by atoms with Gasteiger partial charge in [-0.15, -0.1) is 0 Å². The Hall–Kier alpha value is -3.28. The number of allylic oxidation sites excluding steroid dienone is 2. The Bertz CT molecular complexity index is 1070. The lowest BCUT2D eigenvalue weighted by atomic mass is 10.0. The number of hydrogen-bond acceptors (Lipinski definition) is 5. The fourth-order valence-corrected chi connectivity index (χ4v) is 3.61. The monoisotopic (exact) mass is 406 g/mol. The van der Waals surface area contributed by atoms with Crippen LogP contribution in [0.1, 0.15) is 44.5 Å². The molecule has 0 aliphatic heterocycles. The highest BCUT2D eigenvalue weighted by molar-refractivity contribution is 6.20. The molecule has 0 aliphatic carbocycles. The molecule has 3 aromatic rings. The molecule has 0 radical (unpaired) electrons. The van der Waals surface area contributed by atoms with Gasteiger partial charge in [-0.1, -0.05) is 12.1 Å². The molecule has 2 heterocycles. The lowest BCUT2D eigenvalue weighted by Gasteiger charge is -2.12. The molecule has 158 valence electrons. The van der Waals surface area contributed by atoms with E-state index in [1.807, 2.05) is 34.9 Å². The molecule has 0 atom stereocenters. The highest BCUT2D eigenvalue weighted by atomic mass is 16.5. The molecule has 0 spiro atoms. The fraction of sp³-hybridized carbons (Fsp3) is 0.333. The second-order valence-corrected chi connectivity index (χ2v) is 7.81. The number of methoxy groups -OCH3 is 1. The first-order valence-corrected chi connectivity index (χ1v) is 10.2. The van der Waals surface area contributed by atoms with E-state index in [-0.39, 0.29) is 11.8 Å². The van der Waals surface area contributed by atoms with Crippen LogP contribution in [0, 0.1) is 0 Å². The van der Waals surface area contributed by atoms with Gasteiger partial charge in [0, 0.05) is 23.5 Å². The normalized spacial score (nSPS) is 12.2. The van der Waals surface area contributed by atoms with E-state index in [1.54, 1.807) is 14.0 Å². The molecule has 0 saturated carbocycles. The lowest BCUT2D eigenvalue weighted by Crippen LogP contribution is -2.13. The van der Waals surface area contributed by atoms with Gasteiger partial charge in [-0.3, -0.25) is 9.20 Å². The summed E-state index contributed by atoms with van der Waals surface area (Å²) in [6, 6.07) is 12.2. The molecule has 3 N–H and O–H groups in total. The first-order chi connectivity index (χ1) is 14.3. The average Bonchev–Trinajstić information content (AvgIpc) is 3.02. The number of carbonyl (C=O) groups is 1. The maximum atomic E-state index is 12.1. The molecule has 0 amide bonds. The summed E-state index contributed by atoms with van der Waals surface area (Å²) in [6.07, 6.45) is 3.61. The van der Waals surface area contributed by atoms with Crippen molar-refractivity contribution in [2.24, 2.45) is 5.73 Å². The molecule has 0 bridgehead atoms. The van der Waals surface area contributed by atoms with E-state index in [0.717, 1.165) is 41.3 Å². The zero-order valence-electron chi connectivity index (χ0n) is 18.3. The van der Waals surface area contributed by atoms with Crippen molar-refractivity contribution in [1.29, 1.82) is 0 Å². The van der Waals surface area contributed by atoms with Crippen molar-refractivity contribution in [1.82, 2.24) is 9.38 Å². The maximum absolute atomic E-state index is 12.1. The van der Waals surface area contributed by atoms with Crippen molar-refractivity contribution in [3.8, 4) is 5.75 Å². The average molecular weight is 407 g/mol. The summed E-state index contributed by atoms with van der Waals surface area (Å²) in [5.74, 6) is 1.79. The predicted molar refractivity (Wildman–Crippen MR) is 122 cm³/mol. The third kappa shape index (κ3) is 4.64. The van der Waals surface area contributed by atoms with Gasteiger partial charge in [-0.25, -0.2) is 4.98 Å². The minimum atomic E-state index is -0.0498. The van der Waals surface area contributed by atoms with Gasteiger partial charge in [0.25, 0.3) is 0 Å². The minimum Gasteiger partial charge on any atom is -0.497 e. The number of Topliss-reactive ketones (excluding diaryl/α,β-unsaturated/α-hetero) is 1. The smallest absolute Gasteiger partial charge is 0.162 e. The Kier molecular flexibility index (Phi) is 6.45. The number of ketones is 1. The summed E-state index contributed by atoms with van der Waals surface area (Å²) >= 11 is 0. The van der Waals surface area contributed by atoms with Crippen LogP contribution in [0.15, 0.2) is 48.3 Å². The molecule has 0 aliphatic rings. The van der Waals surface area contributed by atoms with Crippen LogP contribution >= 0.6 is 0 Å². The molecule has 6 nitrogen and oxygen atoms in total. The van der Waals surface area contributed by atoms with Gasteiger partial charge in [-0.2, -0.15) is 0 Å². The Labute approximate surface area is 177 Å². The van der Waals surface area contributed by atoms with Gasteiger partial charge in [0.05, 0.1) is 12.8 Å². The Morgan fingerprint density at radius 2 is 1.87 bits per heavy atom. The molecular weight excluding hydrogens is 376 g/mol. The summed E-state index contributed by atoms with van der Waals surface area (Å²) in [7, 11) is 1.67. The minimum absolute atomic E-state index is 0.0498. The molecule has 2 aromatic heterocycles. The van der Waals surface area contributed by atoms with E-state index < -0.39 is 0 Å². The van der Waals surface area contributed by atoms with E-state index in [9.17, 15) is 4.79 Å². The first-order valence-electron chi connectivity index (χ1n) is 10.2. The second kappa shape index (κ2) is 9.03.